The third kappa shape index (κ3) is 3.04. The van der Waals surface area contributed by atoms with E-state index in [1.165, 1.54) is 0 Å². The summed E-state index contributed by atoms with van der Waals surface area (Å²) in [5, 5.41) is 17.6. The second-order valence-corrected chi connectivity index (χ2v) is 7.60. The Morgan fingerprint density at radius 1 is 1.19 bits per heavy atom. The zero-order valence-corrected chi connectivity index (χ0v) is 16.5. The van der Waals surface area contributed by atoms with E-state index in [0.717, 1.165) is 28.4 Å². The number of aromatic nitrogens is 2. The molecule has 0 saturated carbocycles. The average molecular weight is 426 g/mol. The van der Waals surface area contributed by atoms with E-state index in [-0.39, 0.29) is 17.7 Å². The Hall–Kier alpha value is -2.60. The lowest BCUT2D eigenvalue weighted by Gasteiger charge is -2.26. The standard InChI is InChI=1S/C21H20BrN3O2/c1-2-3-12-25-20(13-8-10-14(22)11-9-13)17-18(23-24-19(17)21(25)27)15-6-4-5-7-16(15)26/h4-11,20,26H,2-3,12H2,1H3,(H,23,24). The van der Waals surface area contributed by atoms with Crippen molar-refractivity contribution in [1.29, 1.82) is 0 Å². The van der Waals surface area contributed by atoms with Gasteiger partial charge in [0.05, 0.1) is 6.04 Å². The molecule has 6 heteroatoms. The van der Waals surface area contributed by atoms with Crippen molar-refractivity contribution in [2.24, 2.45) is 0 Å². The van der Waals surface area contributed by atoms with Gasteiger partial charge in [0.1, 0.15) is 17.1 Å². The minimum Gasteiger partial charge on any atom is -0.507 e. The number of para-hydroxylation sites is 1. The van der Waals surface area contributed by atoms with Gasteiger partial charge in [0, 0.05) is 22.1 Å². The summed E-state index contributed by atoms with van der Waals surface area (Å²) < 4.78 is 0.990. The van der Waals surface area contributed by atoms with Gasteiger partial charge in [-0.1, -0.05) is 53.5 Å². The SMILES string of the molecule is CCCCN1C(=O)c2[nH]nc(-c3ccccc3O)c2C1c1ccc(Br)cc1. The van der Waals surface area contributed by atoms with Gasteiger partial charge in [0.25, 0.3) is 5.91 Å². The van der Waals surface area contributed by atoms with E-state index in [1.54, 1.807) is 12.1 Å². The molecule has 5 nitrogen and oxygen atoms in total. The van der Waals surface area contributed by atoms with Crippen LogP contribution in [-0.4, -0.2) is 32.7 Å². The Bertz CT molecular complexity index is 981. The maximum atomic E-state index is 13.1. The number of H-pyrrole nitrogens is 1. The van der Waals surface area contributed by atoms with E-state index < -0.39 is 0 Å². The molecular weight excluding hydrogens is 406 g/mol. The molecule has 27 heavy (non-hydrogen) atoms. The van der Waals surface area contributed by atoms with Crippen LogP contribution in [0.1, 0.15) is 47.4 Å². The van der Waals surface area contributed by atoms with Gasteiger partial charge in [0.15, 0.2) is 0 Å². The van der Waals surface area contributed by atoms with Crippen LogP contribution in [0, 0.1) is 0 Å². The van der Waals surface area contributed by atoms with Crippen LogP contribution >= 0.6 is 15.9 Å². The number of carbonyl (C=O) groups is 1. The molecule has 4 rings (SSSR count). The van der Waals surface area contributed by atoms with Crippen molar-refractivity contribution in [3.05, 3.63) is 69.8 Å². The fourth-order valence-electron chi connectivity index (χ4n) is 3.63. The summed E-state index contributed by atoms with van der Waals surface area (Å²) in [6, 6.07) is 14.9. The van der Waals surface area contributed by atoms with Gasteiger partial charge in [-0.05, 0) is 36.2 Å². The number of benzene rings is 2. The maximum absolute atomic E-state index is 13.1. The van der Waals surface area contributed by atoms with E-state index in [0.29, 0.717) is 23.5 Å². The number of nitrogens with one attached hydrogen (secondary N) is 1. The molecule has 0 bridgehead atoms. The number of phenolic OH excluding ortho intramolecular Hbond substituents is 1. The van der Waals surface area contributed by atoms with E-state index in [9.17, 15) is 9.90 Å². The maximum Gasteiger partial charge on any atom is 0.273 e. The quantitative estimate of drug-likeness (QED) is 0.611. The fourth-order valence-corrected chi connectivity index (χ4v) is 3.89. The summed E-state index contributed by atoms with van der Waals surface area (Å²) >= 11 is 3.48. The topological polar surface area (TPSA) is 69.2 Å². The molecule has 0 spiro atoms. The zero-order valence-electron chi connectivity index (χ0n) is 14.9. The number of hydrogen-bond donors (Lipinski definition) is 2. The second-order valence-electron chi connectivity index (χ2n) is 6.68. The number of amides is 1. The minimum absolute atomic E-state index is 0.0412. The lowest BCUT2D eigenvalue weighted by atomic mass is 9.95. The van der Waals surface area contributed by atoms with Gasteiger partial charge in [-0.2, -0.15) is 5.10 Å². The summed E-state index contributed by atoms with van der Waals surface area (Å²) in [5.74, 6) is 0.112. The van der Waals surface area contributed by atoms with Crippen molar-refractivity contribution in [1.82, 2.24) is 15.1 Å². The smallest absolute Gasteiger partial charge is 0.273 e. The summed E-state index contributed by atoms with van der Waals surface area (Å²) in [7, 11) is 0. The van der Waals surface area contributed by atoms with Crippen molar-refractivity contribution in [3.8, 4) is 17.0 Å². The first-order chi connectivity index (χ1) is 13.1. The highest BCUT2D eigenvalue weighted by atomic mass is 79.9. The van der Waals surface area contributed by atoms with Crippen LogP contribution in [0.5, 0.6) is 5.75 Å². The zero-order chi connectivity index (χ0) is 19.0. The molecule has 0 saturated heterocycles. The highest BCUT2D eigenvalue weighted by Gasteiger charge is 2.42. The van der Waals surface area contributed by atoms with Gasteiger partial charge in [-0.3, -0.25) is 9.89 Å². The van der Waals surface area contributed by atoms with Gasteiger partial charge >= 0.3 is 0 Å². The van der Waals surface area contributed by atoms with Crippen LogP contribution in [0.3, 0.4) is 0 Å². The highest BCUT2D eigenvalue weighted by molar-refractivity contribution is 9.10. The number of carbonyl (C=O) groups excluding carboxylic acids is 1. The van der Waals surface area contributed by atoms with Crippen molar-refractivity contribution < 1.29 is 9.90 Å². The molecule has 0 aliphatic carbocycles. The minimum atomic E-state index is -0.222. The lowest BCUT2D eigenvalue weighted by molar-refractivity contribution is 0.0741. The monoisotopic (exact) mass is 425 g/mol. The van der Waals surface area contributed by atoms with Crippen LogP contribution in [0.2, 0.25) is 0 Å². The first kappa shape index (κ1) is 17.8. The first-order valence-electron chi connectivity index (χ1n) is 9.05. The van der Waals surface area contributed by atoms with Crippen LogP contribution < -0.4 is 0 Å². The number of rotatable bonds is 5. The number of fused-ring (bicyclic) bond motifs is 1. The van der Waals surface area contributed by atoms with Crippen LogP contribution in [0.25, 0.3) is 11.3 Å². The number of aromatic amines is 1. The molecule has 0 fully saturated rings. The predicted octanol–water partition coefficient (Wildman–Crippen LogP) is 4.89. The number of aromatic hydroxyl groups is 1. The van der Waals surface area contributed by atoms with E-state index in [1.807, 2.05) is 41.3 Å². The van der Waals surface area contributed by atoms with Gasteiger partial charge < -0.3 is 10.0 Å². The van der Waals surface area contributed by atoms with Crippen LogP contribution in [0.4, 0.5) is 0 Å². The first-order valence-corrected chi connectivity index (χ1v) is 9.84. The molecular formula is C21H20BrN3O2. The molecule has 138 valence electrons. The molecule has 2 aromatic carbocycles. The molecule has 1 aromatic heterocycles. The Morgan fingerprint density at radius 3 is 2.63 bits per heavy atom. The highest BCUT2D eigenvalue weighted by Crippen LogP contribution is 2.44. The Kier molecular flexibility index (Phi) is 4.74. The van der Waals surface area contributed by atoms with Crippen molar-refractivity contribution in [2.45, 2.75) is 25.8 Å². The normalized spacial score (nSPS) is 16.0. The summed E-state index contributed by atoms with van der Waals surface area (Å²) in [4.78, 5) is 15.0. The van der Waals surface area contributed by atoms with Crippen LogP contribution in [-0.2, 0) is 0 Å². The molecule has 1 atom stereocenters. The van der Waals surface area contributed by atoms with Gasteiger partial charge in [-0.15, -0.1) is 0 Å². The second kappa shape index (κ2) is 7.19. The van der Waals surface area contributed by atoms with Gasteiger partial charge in [0.2, 0.25) is 0 Å². The lowest BCUT2D eigenvalue weighted by Crippen LogP contribution is -2.30. The summed E-state index contributed by atoms with van der Waals surface area (Å²) in [5.41, 5.74) is 3.63. The van der Waals surface area contributed by atoms with Crippen LogP contribution in [0.15, 0.2) is 53.0 Å². The molecule has 1 aliphatic rings. The molecule has 2 heterocycles. The van der Waals surface area contributed by atoms with E-state index >= 15 is 0 Å². The number of phenols is 1. The number of unbranched alkanes of at least 4 members (excludes halogenated alkanes) is 1. The third-order valence-corrected chi connectivity index (χ3v) is 5.49. The molecule has 1 amide bonds. The van der Waals surface area contributed by atoms with Crippen molar-refractivity contribution in [2.75, 3.05) is 6.54 Å². The molecule has 0 radical (unpaired) electrons. The fraction of sp³-hybridized carbons (Fsp3) is 0.238. The molecule has 3 aromatic rings. The Labute approximate surface area is 166 Å². The predicted molar refractivity (Wildman–Crippen MR) is 108 cm³/mol. The summed E-state index contributed by atoms with van der Waals surface area (Å²) in [6.45, 7) is 2.79. The number of halogens is 1. The molecule has 1 unspecified atom stereocenters. The van der Waals surface area contributed by atoms with E-state index in [2.05, 4.69) is 33.1 Å². The van der Waals surface area contributed by atoms with Crippen molar-refractivity contribution >= 4 is 21.8 Å². The average Bonchev–Trinajstić information content (AvgIpc) is 3.21. The number of nitrogens with zero attached hydrogens (tertiary/aromatic N) is 2. The Morgan fingerprint density at radius 2 is 1.93 bits per heavy atom. The van der Waals surface area contributed by atoms with Gasteiger partial charge in [-0.25, -0.2) is 0 Å². The van der Waals surface area contributed by atoms with Crippen molar-refractivity contribution in [3.63, 3.8) is 0 Å². The molecule has 1 aliphatic heterocycles. The third-order valence-electron chi connectivity index (χ3n) is 4.96. The molecule has 2 N–H and O–H groups in total. The largest absolute Gasteiger partial charge is 0.507 e. The van der Waals surface area contributed by atoms with E-state index in [4.69, 9.17) is 0 Å². The summed E-state index contributed by atoms with van der Waals surface area (Å²) in [6.07, 6.45) is 1.94. The number of hydrogen-bond acceptors (Lipinski definition) is 3. The Balaban J connectivity index is 1.88.